The molecular formula is C52H62BrF2N10O5P. The van der Waals surface area contributed by atoms with Gasteiger partial charge in [0.2, 0.25) is 23.7 Å². The number of imide groups is 1. The van der Waals surface area contributed by atoms with Gasteiger partial charge in [-0.25, -0.2) is 13.8 Å². The fraction of sp³-hybridized carbons (Fsp3) is 0.462. The minimum atomic E-state index is -2.76. The van der Waals surface area contributed by atoms with Crippen molar-refractivity contribution in [2.24, 2.45) is 5.41 Å². The van der Waals surface area contributed by atoms with E-state index in [0.29, 0.717) is 84.2 Å². The van der Waals surface area contributed by atoms with E-state index in [2.05, 4.69) is 83.7 Å². The molecule has 19 heteroatoms. The van der Waals surface area contributed by atoms with Crippen LogP contribution in [0.4, 0.5) is 43.3 Å². The fourth-order valence-corrected chi connectivity index (χ4v) is 13.0. The molecule has 2 aliphatic heterocycles. The van der Waals surface area contributed by atoms with Crippen LogP contribution in [-0.2, 0) is 31.8 Å². The number of aryl methyl sites for hydroxylation is 2. The molecule has 4 fully saturated rings. The third kappa shape index (κ3) is 10.5. The van der Waals surface area contributed by atoms with E-state index in [1.165, 1.54) is 12.1 Å². The number of fused-ring (bicyclic) bond motifs is 3. The van der Waals surface area contributed by atoms with Crippen molar-refractivity contribution >= 4 is 91.5 Å². The Labute approximate surface area is 421 Å². The highest BCUT2D eigenvalue weighted by Gasteiger charge is 2.58. The number of pyridine rings is 1. The molecule has 2 saturated heterocycles. The van der Waals surface area contributed by atoms with E-state index in [1.54, 1.807) is 26.6 Å². The van der Waals surface area contributed by atoms with Gasteiger partial charge in [-0.1, -0.05) is 19.9 Å². The third-order valence-corrected chi connectivity index (χ3v) is 17.0. The van der Waals surface area contributed by atoms with Crippen molar-refractivity contribution in [1.82, 2.24) is 30.9 Å². The summed E-state index contributed by atoms with van der Waals surface area (Å²) in [6, 6.07) is 14.7. The Morgan fingerprint density at radius 1 is 0.930 bits per heavy atom. The number of hydrogen-bond donors (Lipinski definition) is 6. The Kier molecular flexibility index (Phi) is 14.5. The first-order chi connectivity index (χ1) is 34.0. The minimum absolute atomic E-state index is 0.0209. The van der Waals surface area contributed by atoms with Gasteiger partial charge >= 0.3 is 0 Å². The van der Waals surface area contributed by atoms with Gasteiger partial charge < -0.3 is 40.8 Å². The molecule has 376 valence electrons. The Morgan fingerprint density at radius 3 is 2.35 bits per heavy atom. The molecule has 0 unspecified atom stereocenters. The van der Waals surface area contributed by atoms with Gasteiger partial charge in [0.05, 0.1) is 39.8 Å². The standard InChI is InChI=1S/C52H62BrF2N10O5P/c1-6-30-24-41(61-50-58-28-36(53)47(63-50)60-40-12-11-39-34(46(40)71(4,5)69)9-8-31(7-2)59-39)43(70-3)27-42(30)65-22-14-32(15-23-65)56-20-21-57-49(68)51-16-18-52(29-51,19-17-51)64-33-25-37(54)45(38(55)26-33)35-10-13-44(66)62-48(35)67/h8-9,11-12,24-28,32,35,56,64H,6-7,10,13-23,29H2,1-5H3,(H,57,68)(H,62,66,67)(H2,58,60,61,63)/t35-,51?,52?/m1/s1. The number of amides is 3. The number of ether oxygens (including phenoxy) is 1. The molecule has 3 amide bonds. The lowest BCUT2D eigenvalue weighted by Gasteiger charge is -2.35. The highest BCUT2D eigenvalue weighted by molar-refractivity contribution is 9.10. The van der Waals surface area contributed by atoms with E-state index in [9.17, 15) is 18.9 Å². The summed E-state index contributed by atoms with van der Waals surface area (Å²) in [4.78, 5) is 54.2. The quantitative estimate of drug-likeness (QED) is 0.0294. The smallest absolute Gasteiger partial charge is 0.234 e. The highest BCUT2D eigenvalue weighted by atomic mass is 79.9. The first-order valence-corrected chi connectivity index (χ1v) is 28.0. The first-order valence-electron chi connectivity index (χ1n) is 24.6. The number of anilines is 6. The molecule has 71 heavy (non-hydrogen) atoms. The van der Waals surface area contributed by atoms with Crippen molar-refractivity contribution in [1.29, 1.82) is 0 Å². The zero-order chi connectivity index (χ0) is 50.2. The molecule has 15 nitrogen and oxygen atoms in total. The predicted octanol–water partition coefficient (Wildman–Crippen LogP) is 8.94. The second-order valence-electron chi connectivity index (χ2n) is 19.9. The Bertz CT molecular complexity index is 2920. The fourth-order valence-electron chi connectivity index (χ4n) is 11.2. The van der Waals surface area contributed by atoms with Crippen LogP contribution in [0, 0.1) is 17.0 Å². The van der Waals surface area contributed by atoms with Crippen LogP contribution in [0.1, 0.15) is 94.4 Å². The summed E-state index contributed by atoms with van der Waals surface area (Å²) in [6.45, 7) is 10.5. The maximum absolute atomic E-state index is 15.3. The van der Waals surface area contributed by atoms with E-state index in [0.717, 1.165) is 72.3 Å². The zero-order valence-corrected chi connectivity index (χ0v) is 43.3. The van der Waals surface area contributed by atoms with E-state index in [4.69, 9.17) is 14.7 Å². The lowest BCUT2D eigenvalue weighted by molar-refractivity contribution is -0.134. The summed E-state index contributed by atoms with van der Waals surface area (Å²) in [5, 5.41) is 20.8. The number of hydrogen-bond acceptors (Lipinski definition) is 13. The number of benzene rings is 3. The van der Waals surface area contributed by atoms with Crippen molar-refractivity contribution < 1.29 is 32.5 Å². The number of piperidine rings is 2. The Morgan fingerprint density at radius 2 is 1.68 bits per heavy atom. The molecule has 4 aliphatic rings. The van der Waals surface area contributed by atoms with Gasteiger partial charge in [-0.3, -0.25) is 24.7 Å². The van der Waals surface area contributed by atoms with Crippen LogP contribution in [0.15, 0.2) is 59.2 Å². The van der Waals surface area contributed by atoms with E-state index in [1.807, 2.05) is 24.3 Å². The molecule has 2 aliphatic carbocycles. The van der Waals surface area contributed by atoms with Crippen LogP contribution in [-0.4, -0.2) is 90.9 Å². The lowest BCUT2D eigenvalue weighted by atomic mass is 9.83. The topological polar surface area (TPSA) is 192 Å². The molecule has 9 rings (SSSR count). The summed E-state index contributed by atoms with van der Waals surface area (Å²) >= 11 is 3.61. The van der Waals surface area contributed by atoms with Crippen molar-refractivity contribution in [3.8, 4) is 5.75 Å². The maximum Gasteiger partial charge on any atom is 0.234 e. The number of carbonyl (C=O) groups excluding carboxylic acids is 3. The number of nitrogens with zero attached hydrogens (tertiary/aromatic N) is 4. The zero-order valence-electron chi connectivity index (χ0n) is 40.9. The first kappa shape index (κ1) is 50.2. The van der Waals surface area contributed by atoms with Crippen LogP contribution in [0.2, 0.25) is 0 Å². The van der Waals surface area contributed by atoms with E-state index < -0.39 is 47.5 Å². The molecule has 2 aromatic heterocycles. The second-order valence-corrected chi connectivity index (χ2v) is 23.9. The van der Waals surface area contributed by atoms with E-state index in [-0.39, 0.29) is 30.0 Å². The monoisotopic (exact) mass is 1050 g/mol. The molecule has 2 saturated carbocycles. The average molecular weight is 1060 g/mol. The Hall–Kier alpha value is -5.71. The lowest BCUT2D eigenvalue weighted by Crippen LogP contribution is -2.46. The van der Waals surface area contributed by atoms with Crippen molar-refractivity contribution in [3.63, 3.8) is 0 Å². The molecular weight excluding hydrogens is 994 g/mol. The van der Waals surface area contributed by atoms with Gasteiger partial charge in [0, 0.05) is 89.8 Å². The summed E-state index contributed by atoms with van der Waals surface area (Å²) in [5.41, 5.74) is 4.44. The van der Waals surface area contributed by atoms with Crippen molar-refractivity contribution in [2.75, 3.05) is 67.5 Å². The maximum atomic E-state index is 15.3. The number of halogens is 3. The van der Waals surface area contributed by atoms with Crippen LogP contribution < -0.4 is 46.8 Å². The summed E-state index contributed by atoms with van der Waals surface area (Å²) in [7, 11) is -1.11. The third-order valence-electron chi connectivity index (χ3n) is 14.9. The van der Waals surface area contributed by atoms with Crippen LogP contribution >= 0.6 is 23.1 Å². The normalized spacial score (nSPS) is 21.4. The number of nitrogens with one attached hydrogen (secondary N) is 6. The van der Waals surface area contributed by atoms with E-state index >= 15 is 8.78 Å². The van der Waals surface area contributed by atoms with Gasteiger partial charge in [-0.15, -0.1) is 0 Å². The van der Waals surface area contributed by atoms with Crippen LogP contribution in [0.3, 0.4) is 0 Å². The largest absolute Gasteiger partial charge is 0.494 e. The van der Waals surface area contributed by atoms with Crippen LogP contribution in [0.5, 0.6) is 5.75 Å². The predicted molar refractivity (Wildman–Crippen MR) is 278 cm³/mol. The van der Waals surface area contributed by atoms with Gasteiger partial charge in [-0.05, 0) is 135 Å². The molecule has 5 aromatic rings. The van der Waals surface area contributed by atoms with Crippen LogP contribution in [0.25, 0.3) is 10.9 Å². The number of aromatic nitrogens is 3. The molecule has 0 radical (unpaired) electrons. The summed E-state index contributed by atoms with van der Waals surface area (Å²) in [6.07, 6.45) is 8.57. The second kappa shape index (κ2) is 20.4. The van der Waals surface area contributed by atoms with Crippen molar-refractivity contribution in [3.05, 3.63) is 87.7 Å². The molecule has 1 atom stereocenters. The average Bonchev–Trinajstić information content (AvgIpc) is 3.91. The molecule has 4 heterocycles. The minimum Gasteiger partial charge on any atom is -0.494 e. The summed E-state index contributed by atoms with van der Waals surface area (Å²) in [5.74, 6) is -2.30. The Balaban J connectivity index is 0.771. The molecule has 2 bridgehead atoms. The van der Waals surface area contributed by atoms with Gasteiger partial charge in [-0.2, -0.15) is 4.98 Å². The van der Waals surface area contributed by atoms with Gasteiger partial charge in [0.1, 0.15) is 30.3 Å². The summed E-state index contributed by atoms with van der Waals surface area (Å²) < 4.78 is 50.9. The number of methoxy groups -OCH3 is 1. The molecule has 6 N–H and O–H groups in total. The van der Waals surface area contributed by atoms with Gasteiger partial charge in [0.25, 0.3) is 0 Å². The van der Waals surface area contributed by atoms with Gasteiger partial charge in [0.15, 0.2) is 0 Å². The van der Waals surface area contributed by atoms with Crippen molar-refractivity contribution in [2.45, 2.75) is 102 Å². The number of rotatable bonds is 17. The SMILES string of the molecule is CCc1ccc2c(P(C)(C)=O)c(Nc3nc(Nc4cc(CC)c(N5CCC(NCCNC(=O)C67CCC(Nc8cc(F)c([C@H]9CCC(=O)NC9=O)c(F)c8)(CC6)C7)CC5)cc4OC)ncc3Br)ccc2n1. The molecule has 3 aromatic carbocycles. The number of carbonyl (C=O) groups is 3. The highest BCUT2D eigenvalue weighted by Crippen LogP contribution is 2.58. The molecule has 0 spiro atoms.